The first-order chi connectivity index (χ1) is 14.1. The van der Waals surface area contributed by atoms with Gasteiger partial charge >= 0.3 is 5.97 Å². The molecule has 9 heteroatoms. The molecule has 0 aliphatic heterocycles. The van der Waals surface area contributed by atoms with Crippen LogP contribution in [0.15, 0.2) is 48.7 Å². The fraction of sp³-hybridized carbons (Fsp3) is 0.200. The maximum atomic E-state index is 12.1. The summed E-state index contributed by atoms with van der Waals surface area (Å²) >= 11 is 0. The number of carbonyl (C=O) groups excluding carboxylic acids is 1. The highest BCUT2D eigenvalue weighted by Crippen LogP contribution is 2.31. The lowest BCUT2D eigenvalue weighted by Gasteiger charge is -2.13. The number of para-hydroxylation sites is 1. The Hall–Kier alpha value is -3.88. The Balaban J connectivity index is 1.82. The van der Waals surface area contributed by atoms with Gasteiger partial charge in [-0.3, -0.25) is 0 Å². The largest absolute Gasteiger partial charge is 0.497 e. The lowest BCUT2D eigenvalue weighted by Crippen LogP contribution is -2.09. The lowest BCUT2D eigenvalue weighted by molar-refractivity contribution is 0.0527. The number of aromatic nitrogens is 3. The van der Waals surface area contributed by atoms with Crippen LogP contribution in [0.4, 0.5) is 23.1 Å². The normalized spacial score (nSPS) is 10.2. The molecular weight excluding hydrogens is 374 g/mol. The highest BCUT2D eigenvalue weighted by Gasteiger charge is 2.13. The summed E-state index contributed by atoms with van der Waals surface area (Å²) in [6, 6.07) is 12.3. The monoisotopic (exact) mass is 395 g/mol. The predicted molar refractivity (Wildman–Crippen MR) is 108 cm³/mol. The Morgan fingerprint density at radius 3 is 2.62 bits per heavy atom. The summed E-state index contributed by atoms with van der Waals surface area (Å²) in [7, 11) is 3.15. The summed E-state index contributed by atoms with van der Waals surface area (Å²) in [4.78, 5) is 16.5. The molecule has 150 valence electrons. The topological polar surface area (TPSA) is 107 Å². The van der Waals surface area contributed by atoms with Crippen LogP contribution in [0.2, 0.25) is 0 Å². The second-order valence-electron chi connectivity index (χ2n) is 5.75. The van der Waals surface area contributed by atoms with Crippen molar-refractivity contribution in [3.8, 4) is 11.5 Å². The van der Waals surface area contributed by atoms with Gasteiger partial charge in [0.1, 0.15) is 11.5 Å². The standard InChI is InChI=1S/C20H21N5O4/c1-4-29-19(26)14-7-5-6-8-15(14)23-20-24-18(12-21-25-20)22-16-10-9-13(27-2)11-17(16)28-3/h5-12H,4H2,1-3H3,(H2,22,23,24,25). The number of anilines is 4. The number of methoxy groups -OCH3 is 2. The van der Waals surface area contributed by atoms with Crippen LogP contribution in [0.3, 0.4) is 0 Å². The zero-order valence-corrected chi connectivity index (χ0v) is 16.3. The molecule has 3 aromatic rings. The Morgan fingerprint density at radius 1 is 1.03 bits per heavy atom. The average Bonchev–Trinajstić information content (AvgIpc) is 2.75. The van der Waals surface area contributed by atoms with Gasteiger partial charge in [0.2, 0.25) is 5.95 Å². The van der Waals surface area contributed by atoms with Crippen molar-refractivity contribution in [1.29, 1.82) is 0 Å². The van der Waals surface area contributed by atoms with E-state index in [0.29, 0.717) is 34.3 Å². The minimum Gasteiger partial charge on any atom is -0.497 e. The van der Waals surface area contributed by atoms with E-state index in [0.717, 1.165) is 0 Å². The Labute approximate surface area is 168 Å². The van der Waals surface area contributed by atoms with Gasteiger partial charge in [-0.2, -0.15) is 10.1 Å². The van der Waals surface area contributed by atoms with Crippen molar-refractivity contribution in [1.82, 2.24) is 15.2 Å². The second-order valence-corrected chi connectivity index (χ2v) is 5.75. The maximum absolute atomic E-state index is 12.1. The van der Waals surface area contributed by atoms with E-state index in [1.54, 1.807) is 57.5 Å². The van der Waals surface area contributed by atoms with Crippen LogP contribution in [0.5, 0.6) is 11.5 Å². The summed E-state index contributed by atoms with van der Waals surface area (Å²) < 4.78 is 15.7. The predicted octanol–water partition coefficient (Wildman–Crippen LogP) is 3.55. The quantitative estimate of drug-likeness (QED) is 0.554. The number of ether oxygens (including phenoxy) is 3. The van der Waals surface area contributed by atoms with Gasteiger partial charge in [0.15, 0.2) is 5.82 Å². The molecule has 1 aromatic heterocycles. The molecular formula is C20H21N5O4. The van der Waals surface area contributed by atoms with E-state index in [2.05, 4.69) is 25.8 Å². The number of carbonyl (C=O) groups is 1. The first-order valence-electron chi connectivity index (χ1n) is 8.86. The van der Waals surface area contributed by atoms with Gasteiger partial charge in [0.05, 0.1) is 44.0 Å². The van der Waals surface area contributed by atoms with Gasteiger partial charge < -0.3 is 24.8 Å². The first kappa shape index (κ1) is 19.9. The summed E-state index contributed by atoms with van der Waals surface area (Å²) in [6.45, 7) is 2.04. The second kappa shape index (κ2) is 9.36. The van der Waals surface area contributed by atoms with Crippen LogP contribution in [-0.4, -0.2) is 42.0 Å². The van der Waals surface area contributed by atoms with Crippen molar-refractivity contribution in [3.63, 3.8) is 0 Å². The summed E-state index contributed by atoms with van der Waals surface area (Å²) in [5, 5.41) is 14.1. The fourth-order valence-electron chi connectivity index (χ4n) is 2.56. The molecule has 29 heavy (non-hydrogen) atoms. The smallest absolute Gasteiger partial charge is 0.340 e. The number of nitrogens with zero attached hydrogens (tertiary/aromatic N) is 3. The number of esters is 1. The Kier molecular flexibility index (Phi) is 6.41. The third-order valence-electron chi connectivity index (χ3n) is 3.90. The lowest BCUT2D eigenvalue weighted by atomic mass is 10.2. The molecule has 0 bridgehead atoms. The molecule has 0 spiro atoms. The molecule has 0 atom stereocenters. The number of hydrogen-bond acceptors (Lipinski definition) is 9. The van der Waals surface area contributed by atoms with Gasteiger partial charge in [0.25, 0.3) is 0 Å². The minimum absolute atomic E-state index is 0.222. The highest BCUT2D eigenvalue weighted by molar-refractivity contribution is 5.96. The zero-order valence-electron chi connectivity index (χ0n) is 16.3. The van der Waals surface area contributed by atoms with E-state index in [1.165, 1.54) is 6.20 Å². The van der Waals surface area contributed by atoms with Crippen LogP contribution >= 0.6 is 0 Å². The van der Waals surface area contributed by atoms with Crippen LogP contribution in [0, 0.1) is 0 Å². The average molecular weight is 395 g/mol. The van der Waals surface area contributed by atoms with Gasteiger partial charge in [-0.15, -0.1) is 5.10 Å². The molecule has 0 radical (unpaired) electrons. The SMILES string of the molecule is CCOC(=O)c1ccccc1Nc1nncc(Nc2ccc(OC)cc2OC)n1. The summed E-state index contributed by atoms with van der Waals surface area (Å²) in [6.07, 6.45) is 1.48. The molecule has 3 rings (SSSR count). The highest BCUT2D eigenvalue weighted by atomic mass is 16.5. The van der Waals surface area contributed by atoms with E-state index in [-0.39, 0.29) is 12.6 Å². The van der Waals surface area contributed by atoms with Crippen molar-refractivity contribution >= 4 is 29.1 Å². The van der Waals surface area contributed by atoms with Crippen LogP contribution < -0.4 is 20.1 Å². The number of benzene rings is 2. The Bertz CT molecular complexity index is 996. The van der Waals surface area contributed by atoms with Gasteiger partial charge in [-0.05, 0) is 31.2 Å². The molecule has 2 N–H and O–H groups in total. The van der Waals surface area contributed by atoms with Crippen molar-refractivity contribution in [2.24, 2.45) is 0 Å². The Morgan fingerprint density at radius 2 is 1.86 bits per heavy atom. The molecule has 0 aliphatic carbocycles. The van der Waals surface area contributed by atoms with E-state index < -0.39 is 5.97 Å². The first-order valence-corrected chi connectivity index (χ1v) is 8.86. The van der Waals surface area contributed by atoms with Crippen LogP contribution in [0.1, 0.15) is 17.3 Å². The van der Waals surface area contributed by atoms with Crippen LogP contribution in [-0.2, 0) is 4.74 Å². The number of hydrogen-bond donors (Lipinski definition) is 2. The molecule has 0 saturated heterocycles. The maximum Gasteiger partial charge on any atom is 0.340 e. The van der Waals surface area contributed by atoms with E-state index in [9.17, 15) is 4.79 Å². The van der Waals surface area contributed by atoms with Crippen molar-refractivity contribution in [2.45, 2.75) is 6.92 Å². The molecule has 9 nitrogen and oxygen atoms in total. The number of nitrogens with one attached hydrogen (secondary N) is 2. The molecule has 2 aromatic carbocycles. The third kappa shape index (κ3) is 4.89. The van der Waals surface area contributed by atoms with Gasteiger partial charge in [-0.25, -0.2) is 4.79 Å². The molecule has 0 saturated carbocycles. The third-order valence-corrected chi connectivity index (χ3v) is 3.90. The summed E-state index contributed by atoms with van der Waals surface area (Å²) in [5.41, 5.74) is 1.59. The van der Waals surface area contributed by atoms with Crippen LogP contribution in [0.25, 0.3) is 0 Å². The van der Waals surface area contributed by atoms with E-state index in [4.69, 9.17) is 14.2 Å². The van der Waals surface area contributed by atoms with Crippen molar-refractivity contribution in [3.05, 3.63) is 54.2 Å². The zero-order chi connectivity index (χ0) is 20.6. The molecule has 0 unspecified atom stereocenters. The van der Waals surface area contributed by atoms with Crippen molar-refractivity contribution < 1.29 is 19.0 Å². The fourth-order valence-corrected chi connectivity index (χ4v) is 2.56. The van der Waals surface area contributed by atoms with Crippen molar-refractivity contribution in [2.75, 3.05) is 31.5 Å². The molecule has 0 fully saturated rings. The number of rotatable bonds is 8. The summed E-state index contributed by atoms with van der Waals surface area (Å²) in [5.74, 6) is 1.50. The van der Waals surface area contributed by atoms with Gasteiger partial charge in [-0.1, -0.05) is 12.1 Å². The van der Waals surface area contributed by atoms with E-state index >= 15 is 0 Å². The molecule has 0 amide bonds. The van der Waals surface area contributed by atoms with E-state index in [1.807, 2.05) is 6.07 Å². The van der Waals surface area contributed by atoms with Gasteiger partial charge in [0, 0.05) is 6.07 Å². The molecule has 1 heterocycles. The minimum atomic E-state index is -0.430. The molecule has 0 aliphatic rings.